The summed E-state index contributed by atoms with van der Waals surface area (Å²) in [6.45, 7) is 0.609. The molecule has 13 heteroatoms. The van der Waals surface area contributed by atoms with E-state index in [0.29, 0.717) is 46.9 Å². The van der Waals surface area contributed by atoms with E-state index < -0.39 is 11.9 Å². The van der Waals surface area contributed by atoms with Gasteiger partial charge in [0.05, 0.1) is 24.8 Å². The minimum Gasteiger partial charge on any atom is -0.382 e. The van der Waals surface area contributed by atoms with Crippen LogP contribution in [-0.2, 0) is 22.7 Å². The standard InChI is InChI=1S/C21H18N10O3/c22-18-17-19(24-9-23-18)29(10-25-17)6-11-7-31(28-27-11)14-3-1-2-12-13(14)8-30(21(12)34)15-4-5-16(32)26-20(15)33/h1-3,7,9-10,15H,4-6,8H2,(H2,22,23,24)(H,26,32,33). The van der Waals surface area contributed by atoms with Crippen LogP contribution >= 0.6 is 0 Å². The number of anilines is 1. The predicted molar refractivity (Wildman–Crippen MR) is 116 cm³/mol. The maximum absolute atomic E-state index is 13.1. The van der Waals surface area contributed by atoms with Gasteiger partial charge in [-0.25, -0.2) is 19.6 Å². The molecule has 13 nitrogen and oxygen atoms in total. The molecule has 3 N–H and O–H groups in total. The van der Waals surface area contributed by atoms with Crippen molar-refractivity contribution < 1.29 is 14.4 Å². The first-order chi connectivity index (χ1) is 16.5. The van der Waals surface area contributed by atoms with Crippen LogP contribution in [0.4, 0.5) is 5.82 Å². The van der Waals surface area contributed by atoms with Crippen LogP contribution in [-0.4, -0.2) is 63.2 Å². The normalized spacial score (nSPS) is 17.9. The molecule has 0 radical (unpaired) electrons. The van der Waals surface area contributed by atoms with E-state index in [-0.39, 0.29) is 24.8 Å². The summed E-state index contributed by atoms with van der Waals surface area (Å²) < 4.78 is 3.41. The van der Waals surface area contributed by atoms with Crippen molar-refractivity contribution in [3.63, 3.8) is 0 Å². The Bertz CT molecular complexity index is 1490. The molecule has 1 fully saturated rings. The van der Waals surface area contributed by atoms with Crippen LogP contribution in [0.2, 0.25) is 0 Å². The lowest BCUT2D eigenvalue weighted by Crippen LogP contribution is -2.52. The van der Waals surface area contributed by atoms with Crippen molar-refractivity contribution in [2.75, 3.05) is 5.73 Å². The molecule has 3 amide bonds. The number of nitrogens with one attached hydrogen (secondary N) is 1. The molecule has 2 aliphatic heterocycles. The molecular formula is C21H18N10O3. The highest BCUT2D eigenvalue weighted by atomic mass is 16.2. The van der Waals surface area contributed by atoms with Gasteiger partial charge in [-0.05, 0) is 18.6 Å². The SMILES string of the molecule is Nc1ncnc2c1ncn2Cc1cn(-c2cccc3c2CN(C2CCC(=O)NC2=O)C3=O)nn1. The van der Waals surface area contributed by atoms with Crippen LogP contribution in [0, 0.1) is 0 Å². The van der Waals surface area contributed by atoms with Crippen molar-refractivity contribution in [2.45, 2.75) is 32.0 Å². The molecule has 4 aromatic rings. The minimum absolute atomic E-state index is 0.204. The van der Waals surface area contributed by atoms with E-state index in [1.807, 2.05) is 6.07 Å². The Hall–Kier alpha value is -4.68. The Balaban J connectivity index is 1.29. The maximum Gasteiger partial charge on any atom is 0.255 e. The van der Waals surface area contributed by atoms with Gasteiger partial charge in [0, 0.05) is 24.1 Å². The van der Waals surface area contributed by atoms with E-state index in [2.05, 4.69) is 30.6 Å². The van der Waals surface area contributed by atoms with Crippen LogP contribution in [0.25, 0.3) is 16.9 Å². The largest absolute Gasteiger partial charge is 0.382 e. The van der Waals surface area contributed by atoms with Crippen LogP contribution in [0.3, 0.4) is 0 Å². The lowest BCUT2D eigenvalue weighted by Gasteiger charge is -2.29. The van der Waals surface area contributed by atoms with Crippen molar-refractivity contribution in [1.82, 2.24) is 44.7 Å². The summed E-state index contributed by atoms with van der Waals surface area (Å²) in [4.78, 5) is 50.9. The number of hydrogen-bond donors (Lipinski definition) is 2. The number of nitrogens with two attached hydrogens (primary N) is 1. The number of carbonyl (C=O) groups excluding carboxylic acids is 3. The fraction of sp³-hybridized carbons (Fsp3) is 0.238. The summed E-state index contributed by atoms with van der Waals surface area (Å²) in [5, 5.41) is 10.8. The molecule has 3 aromatic heterocycles. The number of imidazole rings is 1. The first-order valence-electron chi connectivity index (χ1n) is 10.6. The molecule has 34 heavy (non-hydrogen) atoms. The van der Waals surface area contributed by atoms with Gasteiger partial charge < -0.3 is 15.2 Å². The molecule has 6 rings (SSSR count). The number of imide groups is 1. The number of piperidine rings is 1. The molecule has 0 bridgehead atoms. The van der Waals surface area contributed by atoms with E-state index in [0.717, 1.165) is 5.56 Å². The summed E-state index contributed by atoms with van der Waals surface area (Å²) >= 11 is 0. The predicted octanol–water partition coefficient (Wildman–Crippen LogP) is -0.202. The first kappa shape index (κ1) is 20.0. The second-order valence-electron chi connectivity index (χ2n) is 8.16. The van der Waals surface area contributed by atoms with Gasteiger partial charge >= 0.3 is 0 Å². The number of aromatic nitrogens is 7. The lowest BCUT2D eigenvalue weighted by atomic mass is 10.0. The molecule has 2 aliphatic rings. The Morgan fingerprint density at radius 3 is 2.88 bits per heavy atom. The summed E-state index contributed by atoms with van der Waals surface area (Å²) in [6, 6.07) is 4.66. The highest BCUT2D eigenvalue weighted by Crippen LogP contribution is 2.31. The van der Waals surface area contributed by atoms with Gasteiger partial charge in [-0.15, -0.1) is 5.10 Å². The van der Waals surface area contributed by atoms with E-state index in [1.165, 1.54) is 11.2 Å². The molecule has 1 saturated heterocycles. The summed E-state index contributed by atoms with van der Waals surface area (Å²) in [5.74, 6) is -0.702. The summed E-state index contributed by atoms with van der Waals surface area (Å²) in [6.07, 6.45) is 5.28. The molecule has 1 aromatic carbocycles. The van der Waals surface area contributed by atoms with E-state index >= 15 is 0 Å². The Labute approximate surface area is 191 Å². The highest BCUT2D eigenvalue weighted by Gasteiger charge is 2.40. The number of benzene rings is 1. The molecule has 1 atom stereocenters. The smallest absolute Gasteiger partial charge is 0.255 e. The second-order valence-corrected chi connectivity index (χ2v) is 8.16. The average molecular weight is 458 g/mol. The molecule has 170 valence electrons. The van der Waals surface area contributed by atoms with Crippen molar-refractivity contribution in [1.29, 1.82) is 0 Å². The van der Waals surface area contributed by atoms with Gasteiger partial charge in [-0.1, -0.05) is 11.3 Å². The number of fused-ring (bicyclic) bond motifs is 2. The van der Waals surface area contributed by atoms with Crippen LogP contribution in [0.1, 0.15) is 34.5 Å². The number of carbonyl (C=O) groups is 3. The summed E-state index contributed by atoms with van der Waals surface area (Å²) in [5.41, 5.74) is 9.57. The molecular weight excluding hydrogens is 440 g/mol. The fourth-order valence-electron chi connectivity index (χ4n) is 4.46. The van der Waals surface area contributed by atoms with Gasteiger partial charge in [0.2, 0.25) is 11.8 Å². The first-order valence-corrected chi connectivity index (χ1v) is 10.6. The van der Waals surface area contributed by atoms with Gasteiger partial charge in [0.1, 0.15) is 23.6 Å². The topological polar surface area (TPSA) is 167 Å². The van der Waals surface area contributed by atoms with Crippen molar-refractivity contribution >= 4 is 34.7 Å². The fourth-order valence-corrected chi connectivity index (χ4v) is 4.46. The van der Waals surface area contributed by atoms with E-state index in [1.54, 1.807) is 33.9 Å². The Morgan fingerprint density at radius 2 is 2.03 bits per heavy atom. The third-order valence-electron chi connectivity index (χ3n) is 6.11. The zero-order chi connectivity index (χ0) is 23.4. The number of hydrogen-bond acceptors (Lipinski definition) is 9. The molecule has 1 unspecified atom stereocenters. The molecule has 0 aliphatic carbocycles. The van der Waals surface area contributed by atoms with Gasteiger partial charge in [0.15, 0.2) is 11.5 Å². The van der Waals surface area contributed by atoms with Crippen LogP contribution in [0.5, 0.6) is 0 Å². The Kier molecular flexibility index (Phi) is 4.37. The molecule has 0 saturated carbocycles. The third-order valence-corrected chi connectivity index (χ3v) is 6.11. The lowest BCUT2D eigenvalue weighted by molar-refractivity contribution is -0.136. The maximum atomic E-state index is 13.1. The van der Waals surface area contributed by atoms with Crippen LogP contribution in [0.15, 0.2) is 37.1 Å². The van der Waals surface area contributed by atoms with Gasteiger partial charge in [-0.3, -0.25) is 19.7 Å². The number of rotatable bonds is 4. The monoisotopic (exact) mass is 458 g/mol. The second kappa shape index (κ2) is 7.43. The molecule has 0 spiro atoms. The number of nitrogens with zero attached hydrogens (tertiary/aromatic N) is 8. The van der Waals surface area contributed by atoms with Crippen molar-refractivity contribution in [3.8, 4) is 5.69 Å². The quantitative estimate of drug-likeness (QED) is 0.394. The van der Waals surface area contributed by atoms with Crippen LogP contribution < -0.4 is 11.1 Å². The molecule has 5 heterocycles. The minimum atomic E-state index is -0.680. The highest BCUT2D eigenvalue weighted by molar-refractivity contribution is 6.05. The zero-order valence-corrected chi connectivity index (χ0v) is 17.7. The third kappa shape index (κ3) is 3.09. The average Bonchev–Trinajstić information content (AvgIpc) is 3.53. The van der Waals surface area contributed by atoms with Gasteiger partial charge in [-0.2, -0.15) is 0 Å². The Morgan fingerprint density at radius 1 is 1.15 bits per heavy atom. The van der Waals surface area contributed by atoms with Crippen molar-refractivity contribution in [2.24, 2.45) is 0 Å². The van der Waals surface area contributed by atoms with E-state index in [4.69, 9.17) is 5.73 Å². The summed E-state index contributed by atoms with van der Waals surface area (Å²) in [7, 11) is 0. The zero-order valence-electron chi connectivity index (χ0n) is 17.7. The van der Waals surface area contributed by atoms with Crippen molar-refractivity contribution in [3.05, 3.63) is 53.9 Å². The number of nitrogen functional groups attached to an aromatic ring is 1. The van der Waals surface area contributed by atoms with Gasteiger partial charge in [0.25, 0.3) is 5.91 Å². The van der Waals surface area contributed by atoms with E-state index in [9.17, 15) is 14.4 Å². The number of amides is 3.